The second kappa shape index (κ2) is 6.24. The van der Waals surface area contributed by atoms with Crippen LogP contribution < -0.4 is 5.32 Å². The Balaban J connectivity index is 1.55. The van der Waals surface area contributed by atoms with Crippen molar-refractivity contribution in [2.75, 3.05) is 11.9 Å². The van der Waals surface area contributed by atoms with Gasteiger partial charge in [-0.3, -0.25) is 9.59 Å². The highest BCUT2D eigenvalue weighted by Gasteiger charge is 2.52. The van der Waals surface area contributed by atoms with E-state index in [9.17, 15) is 9.59 Å². The number of amides is 1. The topological polar surface area (TPSA) is 55.4 Å². The number of carbonyl (C=O) groups is 2. The number of anilines is 1. The summed E-state index contributed by atoms with van der Waals surface area (Å²) in [6.45, 7) is 1.72. The average molecular weight is 309 g/mol. The summed E-state index contributed by atoms with van der Waals surface area (Å²) >= 11 is 0. The van der Waals surface area contributed by atoms with Crippen LogP contribution in [0.1, 0.15) is 24.0 Å². The zero-order chi connectivity index (χ0) is 16.3. The summed E-state index contributed by atoms with van der Waals surface area (Å²) in [7, 11) is 0. The number of esters is 1. The highest BCUT2D eigenvalue weighted by molar-refractivity contribution is 5.94. The first-order valence-corrected chi connectivity index (χ1v) is 7.69. The van der Waals surface area contributed by atoms with Crippen LogP contribution in [0.15, 0.2) is 54.6 Å². The van der Waals surface area contributed by atoms with Gasteiger partial charge in [0.25, 0.3) is 5.91 Å². The molecule has 0 spiro atoms. The van der Waals surface area contributed by atoms with Crippen molar-refractivity contribution in [1.82, 2.24) is 0 Å². The maximum atomic E-state index is 12.3. The molecule has 23 heavy (non-hydrogen) atoms. The molecule has 0 aromatic heterocycles. The molecule has 118 valence electrons. The van der Waals surface area contributed by atoms with Crippen molar-refractivity contribution < 1.29 is 14.3 Å². The number of carbonyl (C=O) groups excluding carboxylic acids is 2. The van der Waals surface area contributed by atoms with Gasteiger partial charge in [0.15, 0.2) is 6.61 Å². The molecule has 0 unspecified atom stereocenters. The first-order valence-electron chi connectivity index (χ1n) is 7.69. The maximum absolute atomic E-state index is 12.3. The quantitative estimate of drug-likeness (QED) is 0.863. The number of hydrogen-bond acceptors (Lipinski definition) is 3. The van der Waals surface area contributed by atoms with Gasteiger partial charge >= 0.3 is 5.97 Å². The predicted molar refractivity (Wildman–Crippen MR) is 88.1 cm³/mol. The number of rotatable bonds is 5. The Morgan fingerprint density at radius 1 is 1.04 bits per heavy atom. The summed E-state index contributed by atoms with van der Waals surface area (Å²) in [4.78, 5) is 24.2. The van der Waals surface area contributed by atoms with Gasteiger partial charge in [-0.05, 0) is 37.5 Å². The molecule has 1 aliphatic carbocycles. The molecule has 0 aliphatic heterocycles. The minimum Gasteiger partial charge on any atom is -0.455 e. The second-order valence-corrected chi connectivity index (χ2v) is 5.94. The van der Waals surface area contributed by atoms with Crippen molar-refractivity contribution in [2.24, 2.45) is 0 Å². The Hall–Kier alpha value is -2.62. The predicted octanol–water partition coefficient (Wildman–Crippen LogP) is 3.21. The Labute approximate surface area is 135 Å². The zero-order valence-electron chi connectivity index (χ0n) is 13.0. The van der Waals surface area contributed by atoms with E-state index >= 15 is 0 Å². The second-order valence-electron chi connectivity index (χ2n) is 5.94. The molecule has 1 amide bonds. The van der Waals surface area contributed by atoms with Crippen molar-refractivity contribution in [3.05, 3.63) is 65.7 Å². The minimum absolute atomic E-state index is 0.263. The molecule has 0 bridgehead atoms. The summed E-state index contributed by atoms with van der Waals surface area (Å²) in [5.74, 6) is -0.645. The smallest absolute Gasteiger partial charge is 0.317 e. The largest absolute Gasteiger partial charge is 0.455 e. The zero-order valence-corrected chi connectivity index (χ0v) is 13.0. The van der Waals surface area contributed by atoms with E-state index in [0.29, 0.717) is 5.69 Å². The van der Waals surface area contributed by atoms with Crippen LogP contribution in [0.25, 0.3) is 0 Å². The molecule has 1 saturated carbocycles. The summed E-state index contributed by atoms with van der Waals surface area (Å²) in [5, 5.41) is 2.72. The number of benzene rings is 2. The molecule has 3 rings (SSSR count). The molecule has 1 fully saturated rings. The van der Waals surface area contributed by atoms with Crippen LogP contribution in [-0.2, 0) is 19.7 Å². The third-order valence-electron chi connectivity index (χ3n) is 4.14. The van der Waals surface area contributed by atoms with Crippen LogP contribution in [0.5, 0.6) is 0 Å². The molecule has 1 aliphatic rings. The Morgan fingerprint density at radius 3 is 2.30 bits per heavy atom. The van der Waals surface area contributed by atoms with Gasteiger partial charge in [-0.15, -0.1) is 0 Å². The lowest BCUT2D eigenvalue weighted by atomic mass is 9.96. The standard InChI is InChI=1S/C19H19NO3/c1-14-7-9-16(10-8-14)20-17(21)13-23-18(22)19(11-12-19)15-5-3-2-4-6-15/h2-10H,11-13H2,1H3,(H,20,21). The van der Waals surface area contributed by atoms with Crippen LogP contribution in [0.4, 0.5) is 5.69 Å². The molecule has 0 heterocycles. The molecule has 0 saturated heterocycles. The van der Waals surface area contributed by atoms with Gasteiger partial charge in [-0.1, -0.05) is 48.0 Å². The number of hydrogen-bond donors (Lipinski definition) is 1. The van der Waals surface area contributed by atoms with Crippen LogP contribution in [0.2, 0.25) is 0 Å². The first-order chi connectivity index (χ1) is 11.1. The molecule has 4 nitrogen and oxygen atoms in total. The van der Waals surface area contributed by atoms with E-state index in [2.05, 4.69) is 5.32 Å². The van der Waals surface area contributed by atoms with Crippen LogP contribution in [0, 0.1) is 6.92 Å². The Morgan fingerprint density at radius 2 is 1.70 bits per heavy atom. The number of aryl methyl sites for hydroxylation is 1. The van der Waals surface area contributed by atoms with Gasteiger partial charge in [0.05, 0.1) is 5.41 Å². The third-order valence-corrected chi connectivity index (χ3v) is 4.14. The first kappa shape index (κ1) is 15.3. The van der Waals surface area contributed by atoms with E-state index in [0.717, 1.165) is 24.0 Å². The lowest BCUT2D eigenvalue weighted by Gasteiger charge is -2.14. The van der Waals surface area contributed by atoms with Crippen molar-refractivity contribution in [3.8, 4) is 0 Å². The fourth-order valence-corrected chi connectivity index (χ4v) is 2.60. The van der Waals surface area contributed by atoms with Crippen molar-refractivity contribution in [1.29, 1.82) is 0 Å². The fraction of sp³-hybridized carbons (Fsp3) is 0.263. The normalized spacial score (nSPS) is 14.8. The lowest BCUT2D eigenvalue weighted by molar-refractivity contribution is -0.150. The Kier molecular flexibility index (Phi) is 4.15. The Bertz CT molecular complexity index is 703. The number of ether oxygens (including phenoxy) is 1. The molecule has 0 radical (unpaired) electrons. The molecular weight excluding hydrogens is 290 g/mol. The summed E-state index contributed by atoms with van der Waals surface area (Å²) in [6, 6.07) is 17.1. The summed E-state index contributed by atoms with van der Waals surface area (Å²) in [5.41, 5.74) is 2.23. The SMILES string of the molecule is Cc1ccc(NC(=O)COC(=O)C2(c3ccccc3)CC2)cc1. The fourth-order valence-electron chi connectivity index (χ4n) is 2.60. The molecule has 4 heteroatoms. The van der Waals surface area contributed by atoms with Gasteiger partial charge in [-0.2, -0.15) is 0 Å². The van der Waals surface area contributed by atoms with E-state index in [-0.39, 0.29) is 18.5 Å². The van der Waals surface area contributed by atoms with Crippen molar-refractivity contribution in [2.45, 2.75) is 25.2 Å². The molecule has 0 atom stereocenters. The average Bonchev–Trinajstić information content (AvgIpc) is 3.37. The van der Waals surface area contributed by atoms with Gasteiger partial charge in [0, 0.05) is 5.69 Å². The van der Waals surface area contributed by atoms with Crippen LogP contribution in [-0.4, -0.2) is 18.5 Å². The number of nitrogens with one attached hydrogen (secondary N) is 1. The maximum Gasteiger partial charge on any atom is 0.317 e. The van der Waals surface area contributed by atoms with E-state index in [1.54, 1.807) is 0 Å². The summed E-state index contributed by atoms with van der Waals surface area (Å²) < 4.78 is 5.23. The molecular formula is C19H19NO3. The molecule has 2 aromatic carbocycles. The van der Waals surface area contributed by atoms with Gasteiger partial charge in [0.1, 0.15) is 0 Å². The van der Waals surface area contributed by atoms with Gasteiger partial charge in [-0.25, -0.2) is 0 Å². The highest BCUT2D eigenvalue weighted by atomic mass is 16.5. The lowest BCUT2D eigenvalue weighted by Crippen LogP contribution is -2.28. The molecule has 1 N–H and O–H groups in total. The van der Waals surface area contributed by atoms with Crippen LogP contribution in [0.3, 0.4) is 0 Å². The van der Waals surface area contributed by atoms with Crippen LogP contribution >= 0.6 is 0 Å². The van der Waals surface area contributed by atoms with Crippen molar-refractivity contribution >= 4 is 17.6 Å². The molecule has 2 aromatic rings. The third kappa shape index (κ3) is 3.42. The van der Waals surface area contributed by atoms with Gasteiger partial charge in [0.2, 0.25) is 0 Å². The van der Waals surface area contributed by atoms with E-state index in [4.69, 9.17) is 4.74 Å². The van der Waals surface area contributed by atoms with Crippen molar-refractivity contribution in [3.63, 3.8) is 0 Å². The monoisotopic (exact) mass is 309 g/mol. The minimum atomic E-state index is -0.550. The summed E-state index contributed by atoms with van der Waals surface area (Å²) in [6.07, 6.45) is 1.55. The van der Waals surface area contributed by atoms with E-state index < -0.39 is 5.41 Å². The van der Waals surface area contributed by atoms with Gasteiger partial charge < -0.3 is 10.1 Å². The highest BCUT2D eigenvalue weighted by Crippen LogP contribution is 2.49. The van der Waals surface area contributed by atoms with E-state index in [1.165, 1.54) is 0 Å². The van der Waals surface area contributed by atoms with E-state index in [1.807, 2.05) is 61.5 Å².